The van der Waals surface area contributed by atoms with Crippen LogP contribution in [0.5, 0.6) is 0 Å². The molecule has 3 saturated heterocycles. The first-order chi connectivity index (χ1) is 19.5. The summed E-state index contributed by atoms with van der Waals surface area (Å²) in [7, 11) is 0. The van der Waals surface area contributed by atoms with Crippen molar-refractivity contribution in [3.05, 3.63) is 11.6 Å². The summed E-state index contributed by atoms with van der Waals surface area (Å²) in [6, 6.07) is 0. The molecule has 3 aliphatic heterocycles. The number of allylic oxidation sites excluding steroid dienone is 1. The Hall–Kier alpha value is -0.580. The van der Waals surface area contributed by atoms with Gasteiger partial charge in [-0.05, 0) is 91.8 Å². The summed E-state index contributed by atoms with van der Waals surface area (Å²) in [5, 5.41) is 40.4. The number of hydrogen-bond donors (Lipinski definition) is 4. The van der Waals surface area contributed by atoms with Gasteiger partial charge in [-0.15, -0.1) is 0 Å². The van der Waals surface area contributed by atoms with E-state index in [4.69, 9.17) is 18.9 Å². The minimum absolute atomic E-state index is 0.129. The largest absolute Gasteiger partial charge is 0.394 e. The van der Waals surface area contributed by atoms with E-state index >= 15 is 0 Å². The van der Waals surface area contributed by atoms with Crippen LogP contribution >= 0.6 is 0 Å². The van der Waals surface area contributed by atoms with Crippen molar-refractivity contribution in [1.29, 1.82) is 0 Å². The van der Waals surface area contributed by atoms with Crippen molar-refractivity contribution in [3.8, 4) is 0 Å². The molecule has 3 heterocycles. The van der Waals surface area contributed by atoms with Crippen LogP contribution in [0, 0.1) is 46.3 Å². The van der Waals surface area contributed by atoms with E-state index in [0.717, 1.165) is 45.1 Å². The summed E-state index contributed by atoms with van der Waals surface area (Å²) >= 11 is 0. The number of aliphatic hydroxyl groups is 4. The standard InChI is InChI=1S/C33H52O8/c1-17-7-12-33(38-16-17)18(2)26-24(41-33)14-23-21-6-5-19-13-20(8-10-31(19,3)22(21)9-11-32(23,26)4)39-30-29(37)28(36)27(35)25(15-34)40-30/h5,17-18,20-30,34-37H,6-16H2,1-4H3/t17?,18-,20-,21?,22?,23?,24-,25+,26-,27+,28?,29+,30+,31-,32-,33+/m0/s1. The molecule has 0 aromatic heterocycles. The third kappa shape index (κ3) is 4.29. The molecule has 0 aromatic carbocycles. The van der Waals surface area contributed by atoms with E-state index in [1.54, 1.807) is 0 Å². The van der Waals surface area contributed by atoms with Gasteiger partial charge < -0.3 is 39.4 Å². The van der Waals surface area contributed by atoms with Gasteiger partial charge in [-0.25, -0.2) is 0 Å². The molecule has 4 N–H and O–H groups in total. The van der Waals surface area contributed by atoms with Crippen molar-refractivity contribution in [2.24, 2.45) is 46.3 Å². The van der Waals surface area contributed by atoms with Crippen molar-refractivity contribution in [2.45, 2.75) is 134 Å². The lowest BCUT2D eigenvalue weighted by Gasteiger charge is -2.58. The van der Waals surface area contributed by atoms with Crippen molar-refractivity contribution in [1.82, 2.24) is 0 Å². The zero-order chi connectivity index (χ0) is 28.9. The summed E-state index contributed by atoms with van der Waals surface area (Å²) in [6.07, 6.45) is 6.24. The van der Waals surface area contributed by atoms with Crippen LogP contribution in [0.25, 0.3) is 0 Å². The maximum atomic E-state index is 10.5. The molecule has 232 valence electrons. The van der Waals surface area contributed by atoms with Gasteiger partial charge >= 0.3 is 0 Å². The Bertz CT molecular complexity index is 1020. The zero-order valence-electron chi connectivity index (χ0n) is 25.3. The minimum atomic E-state index is -1.41. The molecule has 3 saturated carbocycles. The SMILES string of the molecule is CC1CC[C@@]2(OC1)O[C@H]1CC3C4CC=C5C[C@@H](O[C@@H]6O[C@H](CO)[C@@H](O)C(O)[C@H]6O)CC[C@]5(C)C4CC[C@]3(C)[C@H]1[C@@H]2C. The predicted molar refractivity (Wildman–Crippen MR) is 150 cm³/mol. The second-order valence-electron chi connectivity index (χ2n) is 15.5. The van der Waals surface area contributed by atoms with Gasteiger partial charge in [0.1, 0.15) is 24.4 Å². The number of rotatable bonds is 3. The first-order valence-electron chi connectivity index (χ1n) is 16.5. The van der Waals surface area contributed by atoms with Crippen LogP contribution < -0.4 is 0 Å². The van der Waals surface area contributed by atoms with Crippen LogP contribution in [0.1, 0.15) is 85.5 Å². The lowest BCUT2D eigenvalue weighted by molar-refractivity contribution is -0.313. The zero-order valence-corrected chi connectivity index (χ0v) is 25.3. The highest BCUT2D eigenvalue weighted by Crippen LogP contribution is 2.70. The van der Waals surface area contributed by atoms with Gasteiger partial charge in [0.05, 0.1) is 25.4 Å². The molecule has 7 rings (SSSR count). The van der Waals surface area contributed by atoms with E-state index in [2.05, 4.69) is 33.8 Å². The summed E-state index contributed by atoms with van der Waals surface area (Å²) in [4.78, 5) is 0. The lowest BCUT2D eigenvalue weighted by Crippen LogP contribution is -2.60. The highest BCUT2D eigenvalue weighted by Gasteiger charge is 2.68. The number of ether oxygens (including phenoxy) is 4. The van der Waals surface area contributed by atoms with Crippen LogP contribution in [0.2, 0.25) is 0 Å². The summed E-state index contributed by atoms with van der Waals surface area (Å²) in [6.45, 7) is 10.1. The lowest BCUT2D eigenvalue weighted by atomic mass is 9.47. The van der Waals surface area contributed by atoms with Crippen molar-refractivity contribution in [3.63, 3.8) is 0 Å². The monoisotopic (exact) mass is 576 g/mol. The van der Waals surface area contributed by atoms with E-state index in [9.17, 15) is 20.4 Å². The topological polar surface area (TPSA) is 118 Å². The smallest absolute Gasteiger partial charge is 0.186 e. The molecule has 5 unspecified atom stereocenters. The predicted octanol–water partition coefficient (Wildman–Crippen LogP) is 3.54. The summed E-state index contributed by atoms with van der Waals surface area (Å²) in [5.41, 5.74) is 1.91. The normalized spacial score (nSPS) is 58.3. The van der Waals surface area contributed by atoms with Crippen LogP contribution in [-0.4, -0.2) is 82.3 Å². The van der Waals surface area contributed by atoms with Gasteiger partial charge in [0, 0.05) is 12.3 Å². The van der Waals surface area contributed by atoms with E-state index in [1.165, 1.54) is 24.8 Å². The van der Waals surface area contributed by atoms with E-state index in [1.807, 2.05) is 0 Å². The summed E-state index contributed by atoms with van der Waals surface area (Å²) < 4.78 is 25.3. The first-order valence-corrected chi connectivity index (χ1v) is 16.5. The minimum Gasteiger partial charge on any atom is -0.394 e. The molecular formula is C33H52O8. The Morgan fingerprint density at radius 2 is 1.78 bits per heavy atom. The number of fused-ring (bicyclic) bond motifs is 7. The molecule has 4 aliphatic carbocycles. The molecule has 41 heavy (non-hydrogen) atoms. The van der Waals surface area contributed by atoms with Crippen LogP contribution in [0.4, 0.5) is 0 Å². The van der Waals surface area contributed by atoms with Crippen LogP contribution in [0.15, 0.2) is 11.6 Å². The average molecular weight is 577 g/mol. The highest BCUT2D eigenvalue weighted by molar-refractivity contribution is 5.26. The second kappa shape index (κ2) is 10.2. The molecule has 16 atom stereocenters. The van der Waals surface area contributed by atoms with Crippen LogP contribution in [0.3, 0.4) is 0 Å². The molecule has 0 radical (unpaired) electrons. The second-order valence-corrected chi connectivity index (χ2v) is 15.5. The van der Waals surface area contributed by atoms with Gasteiger partial charge in [0.2, 0.25) is 0 Å². The van der Waals surface area contributed by atoms with Crippen molar-refractivity contribution >= 4 is 0 Å². The molecule has 0 amide bonds. The van der Waals surface area contributed by atoms with Gasteiger partial charge in [0.25, 0.3) is 0 Å². The molecule has 0 aromatic rings. The molecule has 0 bridgehead atoms. The van der Waals surface area contributed by atoms with Gasteiger partial charge in [-0.1, -0.05) is 39.3 Å². The molecular weight excluding hydrogens is 524 g/mol. The Morgan fingerprint density at radius 3 is 2.51 bits per heavy atom. The fourth-order valence-corrected chi connectivity index (χ4v) is 11.1. The molecule has 6 fully saturated rings. The van der Waals surface area contributed by atoms with Crippen molar-refractivity contribution < 1.29 is 39.4 Å². The van der Waals surface area contributed by atoms with Gasteiger partial charge in [-0.2, -0.15) is 0 Å². The summed E-state index contributed by atoms with van der Waals surface area (Å²) in [5.74, 6) is 3.28. The molecule has 7 aliphatic rings. The molecule has 1 spiro atoms. The maximum absolute atomic E-state index is 10.5. The Morgan fingerprint density at radius 1 is 0.976 bits per heavy atom. The Balaban J connectivity index is 1.05. The van der Waals surface area contributed by atoms with E-state index in [0.29, 0.717) is 47.0 Å². The van der Waals surface area contributed by atoms with Gasteiger partial charge in [0.15, 0.2) is 12.1 Å². The van der Waals surface area contributed by atoms with E-state index in [-0.39, 0.29) is 17.3 Å². The quantitative estimate of drug-likeness (QED) is 0.377. The fraction of sp³-hybridized carbons (Fsp3) is 0.939. The van der Waals surface area contributed by atoms with E-state index < -0.39 is 37.3 Å². The highest BCUT2D eigenvalue weighted by atomic mass is 16.7. The Labute approximate surface area is 244 Å². The maximum Gasteiger partial charge on any atom is 0.186 e. The third-order valence-electron chi connectivity index (χ3n) is 13.5. The average Bonchev–Trinajstić information content (AvgIpc) is 3.40. The fourth-order valence-electron chi connectivity index (χ4n) is 11.1. The van der Waals surface area contributed by atoms with Crippen molar-refractivity contribution in [2.75, 3.05) is 13.2 Å². The van der Waals surface area contributed by atoms with Crippen LogP contribution in [-0.2, 0) is 18.9 Å². The first kappa shape index (κ1) is 29.1. The van der Waals surface area contributed by atoms with Gasteiger partial charge in [-0.3, -0.25) is 0 Å². The Kier molecular flexibility index (Phi) is 7.27. The molecule has 8 nitrogen and oxygen atoms in total. The number of hydrogen-bond acceptors (Lipinski definition) is 8. The number of aliphatic hydroxyl groups excluding tert-OH is 4. The molecule has 8 heteroatoms. The third-order valence-corrected chi connectivity index (χ3v) is 13.5.